The van der Waals surface area contributed by atoms with E-state index in [1.54, 1.807) is 11.8 Å². The zero-order valence-corrected chi connectivity index (χ0v) is 14.1. The van der Waals surface area contributed by atoms with Crippen molar-refractivity contribution in [3.63, 3.8) is 0 Å². The highest BCUT2D eigenvalue weighted by Crippen LogP contribution is 2.62. The Kier molecular flexibility index (Phi) is 1.94. The summed E-state index contributed by atoms with van der Waals surface area (Å²) in [6.45, 7) is 0.769. The van der Waals surface area contributed by atoms with Gasteiger partial charge in [-0.2, -0.15) is 0 Å². The molecule has 4 atom stereocenters. The SMILES string of the molecule is NC1[C@H]2C(=O)C=C3S[C@H]4C[C@]31c1c(c(O)c3c5c1=[N+]2CCC=5C=N3)N4. The van der Waals surface area contributed by atoms with Crippen LogP contribution >= 0.6 is 11.8 Å². The molecule has 25 heavy (non-hydrogen) atoms. The molecule has 0 aromatic heterocycles. The van der Waals surface area contributed by atoms with Crippen molar-refractivity contribution in [2.45, 2.75) is 35.7 Å². The van der Waals surface area contributed by atoms with Crippen LogP contribution in [-0.2, 0) is 10.2 Å². The number of aliphatic imine (C=N–C) groups is 1. The minimum atomic E-state index is -0.349. The van der Waals surface area contributed by atoms with E-state index < -0.39 is 0 Å². The van der Waals surface area contributed by atoms with E-state index in [1.165, 1.54) is 0 Å². The van der Waals surface area contributed by atoms with Gasteiger partial charge in [0.25, 0.3) is 0 Å². The van der Waals surface area contributed by atoms with Gasteiger partial charge in [-0.15, -0.1) is 11.8 Å². The van der Waals surface area contributed by atoms with E-state index in [0.29, 0.717) is 5.69 Å². The number of phenolic OH excluding ortho intramolecular Hbond substituents is 1. The van der Waals surface area contributed by atoms with E-state index in [2.05, 4.69) is 14.9 Å². The van der Waals surface area contributed by atoms with Crippen molar-refractivity contribution in [3.8, 4) is 5.75 Å². The molecule has 3 bridgehead atoms. The number of carbonyl (C=O) groups is 1. The molecule has 1 saturated heterocycles. The maximum atomic E-state index is 12.9. The average molecular weight is 351 g/mol. The van der Waals surface area contributed by atoms with E-state index in [-0.39, 0.29) is 34.4 Å². The van der Waals surface area contributed by atoms with Gasteiger partial charge in [-0.25, -0.2) is 4.58 Å². The number of benzene rings is 1. The maximum absolute atomic E-state index is 12.9. The van der Waals surface area contributed by atoms with Crippen LogP contribution in [-0.4, -0.2) is 41.1 Å². The topological polar surface area (TPSA) is 90.7 Å². The van der Waals surface area contributed by atoms with Crippen LogP contribution in [0.3, 0.4) is 0 Å². The minimum Gasteiger partial charge on any atom is -0.504 e. The van der Waals surface area contributed by atoms with Crippen LogP contribution in [0.1, 0.15) is 18.4 Å². The van der Waals surface area contributed by atoms with Crippen LogP contribution in [0.25, 0.3) is 5.57 Å². The Morgan fingerprint density at radius 1 is 1.48 bits per heavy atom. The predicted octanol–water partition coefficient (Wildman–Crippen LogP) is -0.544. The predicted molar refractivity (Wildman–Crippen MR) is 95.8 cm³/mol. The van der Waals surface area contributed by atoms with E-state index in [9.17, 15) is 9.90 Å². The molecule has 4 N–H and O–H groups in total. The van der Waals surface area contributed by atoms with Gasteiger partial charge in [0.15, 0.2) is 5.75 Å². The quantitative estimate of drug-likeness (QED) is 0.431. The summed E-state index contributed by atoms with van der Waals surface area (Å²) in [6.07, 6.45) is 5.39. The normalized spacial score (nSPS) is 37.4. The van der Waals surface area contributed by atoms with Crippen molar-refractivity contribution in [1.82, 2.24) is 4.58 Å². The number of phenols is 1. The number of nitrogens with two attached hydrogens (primary N) is 1. The number of carbonyl (C=O) groups excluding carboxylic acids is 1. The first-order valence-electron chi connectivity index (χ1n) is 8.66. The van der Waals surface area contributed by atoms with Gasteiger partial charge >= 0.3 is 0 Å². The summed E-state index contributed by atoms with van der Waals surface area (Å²) in [6, 6.07) is -0.579. The summed E-state index contributed by atoms with van der Waals surface area (Å²) in [5.74, 6) is 0.347. The monoisotopic (exact) mass is 351 g/mol. The molecule has 5 aliphatic heterocycles. The maximum Gasteiger partial charge on any atom is 0.231 e. The van der Waals surface area contributed by atoms with Gasteiger partial charge in [0.2, 0.25) is 17.2 Å². The van der Waals surface area contributed by atoms with Crippen LogP contribution in [0.4, 0.5) is 11.4 Å². The number of thioether (sulfide) groups is 1. The lowest BCUT2D eigenvalue weighted by atomic mass is 9.61. The average Bonchev–Trinajstić information content (AvgIpc) is 3.13. The van der Waals surface area contributed by atoms with E-state index in [4.69, 9.17) is 5.73 Å². The van der Waals surface area contributed by atoms with E-state index in [1.807, 2.05) is 12.3 Å². The van der Waals surface area contributed by atoms with Gasteiger partial charge in [-0.3, -0.25) is 9.79 Å². The molecule has 6 nitrogen and oxygen atoms in total. The van der Waals surface area contributed by atoms with Crippen LogP contribution in [0, 0.1) is 0 Å². The lowest BCUT2D eigenvalue weighted by Gasteiger charge is -2.46. The second-order valence-electron chi connectivity index (χ2n) is 7.71. The van der Waals surface area contributed by atoms with Crippen molar-refractivity contribution in [3.05, 3.63) is 27.1 Å². The number of rotatable bonds is 0. The number of nitrogens with zero attached hydrogens (tertiary/aromatic N) is 2. The molecule has 0 radical (unpaired) electrons. The lowest BCUT2D eigenvalue weighted by Crippen LogP contribution is -2.72. The molecule has 1 aromatic rings. The van der Waals surface area contributed by atoms with Crippen LogP contribution < -0.4 is 26.2 Å². The van der Waals surface area contributed by atoms with Crippen LogP contribution in [0.5, 0.6) is 5.75 Å². The number of aromatic hydroxyl groups is 1. The fourth-order valence-electron chi connectivity index (χ4n) is 5.83. The number of nitrogens with one attached hydrogen (secondary N) is 1. The Morgan fingerprint density at radius 2 is 2.36 bits per heavy atom. The van der Waals surface area contributed by atoms with Crippen LogP contribution in [0.15, 0.2) is 16.0 Å². The standard InChI is InChI=1S/C18H14N4O2S/c19-17-14-7(23)3-8-18(17)4-9(25-8)21-13-11(18)15-10-6(1-2-22(14)15)5-20-12(10)16(13)24/h3,5,9,14,17H,1-2,4,19H2,(H,20,21,24)/p+1/t9-,14+,17?,18+/m0/s1. The van der Waals surface area contributed by atoms with Crippen molar-refractivity contribution < 1.29 is 9.90 Å². The molecular formula is C18H15N4O2S+. The number of fused-ring (bicyclic) bond motifs is 3. The third-order valence-corrected chi connectivity index (χ3v) is 8.08. The van der Waals surface area contributed by atoms with Gasteiger partial charge in [-0.1, -0.05) is 0 Å². The second-order valence-corrected chi connectivity index (χ2v) is 8.95. The largest absolute Gasteiger partial charge is 0.504 e. The van der Waals surface area contributed by atoms with Crippen molar-refractivity contribution >= 4 is 40.7 Å². The number of anilines is 1. The summed E-state index contributed by atoms with van der Waals surface area (Å²) < 4.78 is 2.19. The Bertz CT molecular complexity index is 1150. The van der Waals surface area contributed by atoms with Gasteiger partial charge in [0.05, 0.1) is 33.3 Å². The van der Waals surface area contributed by atoms with Gasteiger partial charge in [0.1, 0.15) is 12.2 Å². The van der Waals surface area contributed by atoms with Crippen molar-refractivity contribution in [1.29, 1.82) is 0 Å². The first-order valence-corrected chi connectivity index (χ1v) is 9.54. The Balaban J connectivity index is 1.82. The molecule has 1 aliphatic carbocycles. The molecule has 1 spiro atoms. The Morgan fingerprint density at radius 3 is 3.24 bits per heavy atom. The first-order chi connectivity index (χ1) is 12.1. The first kappa shape index (κ1) is 13.1. The minimum absolute atomic E-state index is 0.115. The smallest absolute Gasteiger partial charge is 0.231 e. The van der Waals surface area contributed by atoms with Crippen molar-refractivity contribution in [2.24, 2.45) is 10.7 Å². The molecule has 0 amide bonds. The number of ketones is 1. The fraction of sp³-hybridized carbons (Fsp3) is 0.389. The molecule has 7 rings (SSSR count). The molecule has 6 aliphatic rings. The third kappa shape index (κ3) is 1.15. The molecule has 7 heteroatoms. The highest BCUT2D eigenvalue weighted by molar-refractivity contribution is 8.04. The van der Waals surface area contributed by atoms with E-state index in [0.717, 1.165) is 51.7 Å². The van der Waals surface area contributed by atoms with Crippen LogP contribution in [0.2, 0.25) is 0 Å². The van der Waals surface area contributed by atoms with Gasteiger partial charge < -0.3 is 16.2 Å². The zero-order chi connectivity index (χ0) is 16.7. The summed E-state index contributed by atoms with van der Waals surface area (Å²) in [5, 5.41) is 16.7. The highest BCUT2D eigenvalue weighted by atomic mass is 32.2. The third-order valence-electron chi connectivity index (χ3n) is 6.78. The molecule has 0 saturated carbocycles. The molecule has 124 valence electrons. The summed E-state index contributed by atoms with van der Waals surface area (Å²) in [4.78, 5) is 18.5. The lowest BCUT2D eigenvalue weighted by molar-refractivity contribution is -0.118. The summed E-state index contributed by atoms with van der Waals surface area (Å²) in [7, 11) is 0. The van der Waals surface area contributed by atoms with Crippen molar-refractivity contribution in [2.75, 3.05) is 11.9 Å². The van der Waals surface area contributed by atoms with E-state index >= 15 is 0 Å². The van der Waals surface area contributed by atoms with Gasteiger partial charge in [0, 0.05) is 17.5 Å². The highest BCUT2D eigenvalue weighted by Gasteiger charge is 2.66. The summed E-state index contributed by atoms with van der Waals surface area (Å²) in [5.41, 5.74) is 10.1. The molecule has 1 unspecified atom stereocenters. The Hall–Kier alpha value is -2.12. The van der Waals surface area contributed by atoms with Gasteiger partial charge in [-0.05, 0) is 18.1 Å². The molecule has 1 aromatic carbocycles. The summed E-state index contributed by atoms with van der Waals surface area (Å²) >= 11 is 1.69. The molecular weight excluding hydrogens is 336 g/mol. The zero-order valence-electron chi connectivity index (χ0n) is 13.2. The second kappa shape index (κ2) is 3.68. The molecule has 1 fully saturated rings. The molecule has 5 heterocycles. The Labute approximate surface area is 146 Å². The number of hydrogen-bond donors (Lipinski definition) is 3. The number of hydrogen-bond acceptors (Lipinski definition) is 6. The fourth-order valence-corrected chi connectivity index (χ4v) is 7.37.